The molecule has 1 N–H and O–H groups in total. The molecule has 1 aliphatic heterocycles. The van der Waals surface area contributed by atoms with E-state index in [9.17, 15) is 4.79 Å². The van der Waals surface area contributed by atoms with Gasteiger partial charge in [-0.25, -0.2) is 0 Å². The minimum atomic E-state index is -0.115. The van der Waals surface area contributed by atoms with Crippen molar-refractivity contribution in [1.29, 1.82) is 0 Å². The summed E-state index contributed by atoms with van der Waals surface area (Å²) in [7, 11) is 0. The summed E-state index contributed by atoms with van der Waals surface area (Å²) in [6.07, 6.45) is 2.08. The van der Waals surface area contributed by atoms with Crippen molar-refractivity contribution >= 4 is 5.91 Å². The number of nitrogens with one attached hydrogen (secondary N) is 1. The Labute approximate surface area is 124 Å². The smallest absolute Gasteiger partial charge is 0.217 e. The van der Waals surface area contributed by atoms with Crippen LogP contribution in [0.2, 0.25) is 0 Å². The van der Waals surface area contributed by atoms with Gasteiger partial charge in [-0.15, -0.1) is 0 Å². The number of aryl methyl sites for hydroxylation is 1. The van der Waals surface area contributed by atoms with Gasteiger partial charge in [0.2, 0.25) is 5.91 Å². The molecule has 1 amide bonds. The summed E-state index contributed by atoms with van der Waals surface area (Å²) in [6.45, 7) is 2.34. The Morgan fingerprint density at radius 1 is 1.14 bits per heavy atom. The van der Waals surface area contributed by atoms with Crippen LogP contribution in [0.1, 0.15) is 36.1 Å². The molecule has 1 heterocycles. The van der Waals surface area contributed by atoms with Crippen molar-refractivity contribution in [3.63, 3.8) is 0 Å². The maximum Gasteiger partial charge on any atom is 0.217 e. The molecule has 0 unspecified atom stereocenters. The van der Waals surface area contributed by atoms with Crippen molar-refractivity contribution in [2.75, 3.05) is 6.61 Å². The number of rotatable bonds is 3. The molecule has 0 saturated heterocycles. The molecule has 2 aromatic rings. The van der Waals surface area contributed by atoms with Gasteiger partial charge >= 0.3 is 0 Å². The highest BCUT2D eigenvalue weighted by atomic mass is 16.5. The van der Waals surface area contributed by atoms with E-state index in [1.165, 1.54) is 5.56 Å². The number of hydrogen-bond acceptors (Lipinski definition) is 2. The van der Waals surface area contributed by atoms with Crippen LogP contribution in [0.15, 0.2) is 48.5 Å². The Morgan fingerprint density at radius 3 is 2.71 bits per heavy atom. The Bertz CT molecular complexity index is 637. The summed E-state index contributed by atoms with van der Waals surface area (Å²) < 4.78 is 5.66. The second kappa shape index (κ2) is 6.00. The zero-order valence-electron chi connectivity index (χ0n) is 12.1. The van der Waals surface area contributed by atoms with E-state index in [-0.39, 0.29) is 11.9 Å². The number of carbonyl (C=O) groups excluding carboxylic acids is 1. The molecule has 0 aromatic heterocycles. The normalized spacial score (nSPS) is 14.7. The van der Waals surface area contributed by atoms with Gasteiger partial charge in [0.05, 0.1) is 12.6 Å². The van der Waals surface area contributed by atoms with Crippen LogP contribution < -0.4 is 10.1 Å². The van der Waals surface area contributed by atoms with Gasteiger partial charge in [-0.2, -0.15) is 0 Å². The average Bonchev–Trinajstić information content (AvgIpc) is 2.53. The third-order valence-corrected chi connectivity index (χ3v) is 3.75. The highest BCUT2D eigenvalue weighted by molar-refractivity contribution is 5.74. The van der Waals surface area contributed by atoms with Gasteiger partial charge in [-0.05, 0) is 41.7 Å². The lowest BCUT2D eigenvalue weighted by atomic mass is 9.95. The molecule has 0 spiro atoms. The standard InChI is InChI=1S/C18H19NO2/c1-13(20)19-18(14-6-3-2-4-7-14)16-9-10-17-15(12-16)8-5-11-21-17/h2-4,6-7,9-10,12,18H,5,8,11H2,1H3,(H,19,20)/t18-/m0/s1. The first kappa shape index (κ1) is 13.7. The van der Waals surface area contributed by atoms with Crippen LogP contribution in [0.4, 0.5) is 0 Å². The molecule has 108 valence electrons. The topological polar surface area (TPSA) is 38.3 Å². The maximum atomic E-state index is 11.6. The van der Waals surface area contributed by atoms with Crippen LogP contribution in [-0.4, -0.2) is 12.5 Å². The van der Waals surface area contributed by atoms with E-state index in [2.05, 4.69) is 11.4 Å². The molecule has 2 aromatic carbocycles. The molecular formula is C18H19NO2. The van der Waals surface area contributed by atoms with Gasteiger partial charge in [-0.3, -0.25) is 4.79 Å². The maximum absolute atomic E-state index is 11.6. The SMILES string of the molecule is CC(=O)N[C@@H](c1ccccc1)c1ccc2c(c1)CCCO2. The molecule has 0 bridgehead atoms. The molecule has 1 aliphatic rings. The number of hydrogen-bond donors (Lipinski definition) is 1. The summed E-state index contributed by atoms with van der Waals surface area (Å²) >= 11 is 0. The lowest BCUT2D eigenvalue weighted by Gasteiger charge is -2.22. The summed E-state index contributed by atoms with van der Waals surface area (Å²) in [6, 6.07) is 16.1. The van der Waals surface area contributed by atoms with E-state index in [4.69, 9.17) is 4.74 Å². The fraction of sp³-hybridized carbons (Fsp3) is 0.278. The first-order valence-electron chi connectivity index (χ1n) is 7.32. The van der Waals surface area contributed by atoms with Gasteiger partial charge < -0.3 is 10.1 Å². The van der Waals surface area contributed by atoms with E-state index in [1.54, 1.807) is 6.92 Å². The van der Waals surface area contributed by atoms with Gasteiger partial charge in [0.25, 0.3) is 0 Å². The molecule has 0 fully saturated rings. The highest BCUT2D eigenvalue weighted by Gasteiger charge is 2.18. The molecule has 0 aliphatic carbocycles. The Kier molecular flexibility index (Phi) is 3.91. The fourth-order valence-corrected chi connectivity index (χ4v) is 2.77. The largest absolute Gasteiger partial charge is 0.493 e. The summed E-state index contributed by atoms with van der Waals surface area (Å²) in [5.41, 5.74) is 3.41. The third-order valence-electron chi connectivity index (χ3n) is 3.75. The van der Waals surface area contributed by atoms with Crippen LogP contribution in [0.25, 0.3) is 0 Å². The minimum Gasteiger partial charge on any atom is -0.493 e. The number of amides is 1. The molecule has 3 nitrogen and oxygen atoms in total. The van der Waals surface area contributed by atoms with E-state index in [0.29, 0.717) is 0 Å². The van der Waals surface area contributed by atoms with Crippen molar-refractivity contribution in [3.05, 3.63) is 65.2 Å². The fourth-order valence-electron chi connectivity index (χ4n) is 2.77. The highest BCUT2D eigenvalue weighted by Crippen LogP contribution is 2.30. The van der Waals surface area contributed by atoms with Crippen LogP contribution in [-0.2, 0) is 11.2 Å². The number of fused-ring (bicyclic) bond motifs is 1. The van der Waals surface area contributed by atoms with Gasteiger partial charge in [-0.1, -0.05) is 36.4 Å². The molecule has 21 heavy (non-hydrogen) atoms. The summed E-state index contributed by atoms with van der Waals surface area (Å²) in [4.78, 5) is 11.6. The van der Waals surface area contributed by atoms with Crippen molar-refractivity contribution in [3.8, 4) is 5.75 Å². The molecular weight excluding hydrogens is 262 g/mol. The van der Waals surface area contributed by atoms with Crippen LogP contribution in [0.5, 0.6) is 5.75 Å². The van der Waals surface area contributed by atoms with Crippen molar-refractivity contribution < 1.29 is 9.53 Å². The predicted octanol–water partition coefficient (Wildman–Crippen LogP) is 3.24. The van der Waals surface area contributed by atoms with Crippen LogP contribution >= 0.6 is 0 Å². The van der Waals surface area contributed by atoms with Gasteiger partial charge in [0.1, 0.15) is 5.75 Å². The van der Waals surface area contributed by atoms with E-state index < -0.39 is 0 Å². The quantitative estimate of drug-likeness (QED) is 0.938. The molecule has 3 rings (SSSR count). The Balaban J connectivity index is 1.98. The molecule has 3 heteroatoms. The average molecular weight is 281 g/mol. The van der Waals surface area contributed by atoms with E-state index in [0.717, 1.165) is 36.3 Å². The van der Waals surface area contributed by atoms with Crippen LogP contribution in [0.3, 0.4) is 0 Å². The van der Waals surface area contributed by atoms with E-state index >= 15 is 0 Å². The second-order valence-electron chi connectivity index (χ2n) is 5.36. The lowest BCUT2D eigenvalue weighted by molar-refractivity contribution is -0.119. The first-order valence-corrected chi connectivity index (χ1v) is 7.32. The molecule has 0 radical (unpaired) electrons. The second-order valence-corrected chi connectivity index (χ2v) is 5.36. The third kappa shape index (κ3) is 3.07. The van der Waals surface area contributed by atoms with Crippen molar-refractivity contribution in [1.82, 2.24) is 5.32 Å². The van der Waals surface area contributed by atoms with Crippen LogP contribution in [0, 0.1) is 0 Å². The minimum absolute atomic E-state index is 0.0298. The zero-order valence-corrected chi connectivity index (χ0v) is 12.1. The van der Waals surface area contributed by atoms with Crippen molar-refractivity contribution in [2.24, 2.45) is 0 Å². The van der Waals surface area contributed by atoms with E-state index in [1.807, 2.05) is 42.5 Å². The van der Waals surface area contributed by atoms with Gasteiger partial charge in [0.15, 0.2) is 0 Å². The first-order chi connectivity index (χ1) is 10.2. The lowest BCUT2D eigenvalue weighted by Crippen LogP contribution is -2.27. The number of ether oxygens (including phenoxy) is 1. The number of carbonyl (C=O) groups is 1. The Morgan fingerprint density at radius 2 is 1.95 bits per heavy atom. The number of benzene rings is 2. The molecule has 0 saturated carbocycles. The molecule has 1 atom stereocenters. The monoisotopic (exact) mass is 281 g/mol. The van der Waals surface area contributed by atoms with Crippen molar-refractivity contribution in [2.45, 2.75) is 25.8 Å². The predicted molar refractivity (Wildman–Crippen MR) is 82.4 cm³/mol. The Hall–Kier alpha value is -2.29. The zero-order chi connectivity index (χ0) is 14.7. The summed E-state index contributed by atoms with van der Waals surface area (Å²) in [5, 5.41) is 3.04. The van der Waals surface area contributed by atoms with Gasteiger partial charge in [0, 0.05) is 6.92 Å². The summed E-state index contributed by atoms with van der Waals surface area (Å²) in [5.74, 6) is 0.942.